The molecular weight excluding hydrogens is 647 g/mol. The predicted molar refractivity (Wildman–Crippen MR) is 221 cm³/mol. The van der Waals surface area contributed by atoms with E-state index in [4.69, 9.17) is 15.0 Å². The van der Waals surface area contributed by atoms with Crippen LogP contribution in [-0.4, -0.2) is 23.0 Å². The largest absolute Gasteiger partial charge is 0.208 e. The Hall–Kier alpha value is -6.23. The normalized spacial score (nSPS) is 11.4. The lowest BCUT2D eigenvalue weighted by Gasteiger charge is -2.17. The van der Waals surface area contributed by atoms with E-state index in [9.17, 15) is 0 Å². The average Bonchev–Trinajstić information content (AvgIpc) is 3.21. The number of benzene rings is 7. The van der Waals surface area contributed by atoms with Crippen LogP contribution in [0.5, 0.6) is 0 Å². The maximum absolute atomic E-state index is 4.90. The standard InChI is InChI=1S/C48H39N3Si/c1-52(2,3)45-29-27-35(28-30-45)40-18-11-20-42(32-40)44-22-12-21-43(33-44)41-19-10-17-39(31-41)34-23-25-38(26-24-34)48-50-46(36-13-6-4-7-14-36)49-47(51-48)37-15-8-5-9-16-37/h4-33H,1-3H3. The molecule has 0 saturated heterocycles. The summed E-state index contributed by atoms with van der Waals surface area (Å²) in [7, 11) is -1.33. The molecule has 1 heterocycles. The molecule has 7 aromatic carbocycles. The molecule has 0 fully saturated rings. The van der Waals surface area contributed by atoms with Gasteiger partial charge in [-0.2, -0.15) is 0 Å². The van der Waals surface area contributed by atoms with Gasteiger partial charge in [0.15, 0.2) is 17.5 Å². The van der Waals surface area contributed by atoms with Crippen molar-refractivity contribution in [2.45, 2.75) is 19.6 Å². The van der Waals surface area contributed by atoms with Crippen molar-refractivity contribution in [3.05, 3.63) is 182 Å². The van der Waals surface area contributed by atoms with Crippen LogP contribution in [-0.2, 0) is 0 Å². The van der Waals surface area contributed by atoms with Crippen LogP contribution < -0.4 is 5.19 Å². The van der Waals surface area contributed by atoms with Gasteiger partial charge < -0.3 is 0 Å². The van der Waals surface area contributed by atoms with Crippen LogP contribution in [0.15, 0.2) is 182 Å². The lowest BCUT2D eigenvalue weighted by molar-refractivity contribution is 1.07. The molecule has 0 spiro atoms. The summed E-state index contributed by atoms with van der Waals surface area (Å²) in [5.74, 6) is 1.97. The molecule has 1 aromatic heterocycles. The fraction of sp³-hybridized carbons (Fsp3) is 0.0625. The number of rotatable bonds is 8. The summed E-state index contributed by atoms with van der Waals surface area (Å²) in [6.45, 7) is 7.18. The predicted octanol–water partition coefficient (Wildman–Crippen LogP) is 12.1. The molecule has 0 atom stereocenters. The van der Waals surface area contributed by atoms with Crippen molar-refractivity contribution in [2.24, 2.45) is 0 Å². The van der Waals surface area contributed by atoms with E-state index in [1.165, 1.54) is 38.6 Å². The fourth-order valence-electron chi connectivity index (χ4n) is 6.55. The molecule has 0 amide bonds. The van der Waals surface area contributed by atoms with E-state index in [0.29, 0.717) is 17.5 Å². The second-order valence-electron chi connectivity index (χ2n) is 14.2. The van der Waals surface area contributed by atoms with E-state index >= 15 is 0 Å². The summed E-state index contributed by atoms with van der Waals surface area (Å²) in [5.41, 5.74) is 12.4. The second-order valence-corrected chi connectivity index (χ2v) is 19.3. The summed E-state index contributed by atoms with van der Waals surface area (Å²) < 4.78 is 0. The molecule has 4 heteroatoms. The van der Waals surface area contributed by atoms with Crippen molar-refractivity contribution in [3.8, 4) is 78.7 Å². The molecule has 250 valence electrons. The maximum atomic E-state index is 4.90. The van der Waals surface area contributed by atoms with Crippen molar-refractivity contribution < 1.29 is 0 Å². The zero-order valence-electron chi connectivity index (χ0n) is 29.7. The van der Waals surface area contributed by atoms with Crippen molar-refractivity contribution in [1.29, 1.82) is 0 Å². The van der Waals surface area contributed by atoms with Crippen LogP contribution in [0.3, 0.4) is 0 Å². The number of hydrogen-bond acceptors (Lipinski definition) is 3. The molecular formula is C48H39N3Si. The quantitative estimate of drug-likeness (QED) is 0.149. The minimum Gasteiger partial charge on any atom is -0.208 e. The molecule has 3 nitrogen and oxygen atoms in total. The van der Waals surface area contributed by atoms with Gasteiger partial charge in [0, 0.05) is 16.7 Å². The van der Waals surface area contributed by atoms with Gasteiger partial charge in [0.05, 0.1) is 8.07 Å². The lowest BCUT2D eigenvalue weighted by atomic mass is 9.94. The van der Waals surface area contributed by atoms with Crippen LogP contribution in [0.1, 0.15) is 0 Å². The first-order valence-corrected chi connectivity index (χ1v) is 21.3. The van der Waals surface area contributed by atoms with E-state index < -0.39 is 8.07 Å². The van der Waals surface area contributed by atoms with Gasteiger partial charge in [-0.15, -0.1) is 0 Å². The number of aromatic nitrogens is 3. The van der Waals surface area contributed by atoms with Gasteiger partial charge >= 0.3 is 0 Å². The van der Waals surface area contributed by atoms with E-state index in [-0.39, 0.29) is 0 Å². The van der Waals surface area contributed by atoms with Crippen LogP contribution in [0.4, 0.5) is 0 Å². The summed E-state index contributed by atoms with van der Waals surface area (Å²) in [4.78, 5) is 14.6. The molecule has 0 N–H and O–H groups in total. The Morgan fingerprint density at radius 3 is 0.885 bits per heavy atom. The first-order chi connectivity index (χ1) is 25.4. The van der Waals surface area contributed by atoms with Gasteiger partial charge in [-0.1, -0.05) is 189 Å². The van der Waals surface area contributed by atoms with Gasteiger partial charge in [0.1, 0.15) is 0 Å². The molecule has 0 unspecified atom stereocenters. The highest BCUT2D eigenvalue weighted by molar-refractivity contribution is 6.88. The summed E-state index contributed by atoms with van der Waals surface area (Å²) >= 11 is 0. The Balaban J connectivity index is 1.07. The Kier molecular flexibility index (Phi) is 8.98. The molecule has 0 aliphatic heterocycles. The third-order valence-corrected chi connectivity index (χ3v) is 11.6. The van der Waals surface area contributed by atoms with E-state index in [0.717, 1.165) is 27.8 Å². The Bertz CT molecular complexity index is 2410. The van der Waals surface area contributed by atoms with E-state index in [2.05, 4.69) is 141 Å². The van der Waals surface area contributed by atoms with Crippen LogP contribution >= 0.6 is 0 Å². The van der Waals surface area contributed by atoms with E-state index in [1.807, 2.05) is 60.7 Å². The Morgan fingerprint density at radius 2 is 0.538 bits per heavy atom. The van der Waals surface area contributed by atoms with Gasteiger partial charge in [0.25, 0.3) is 0 Å². The van der Waals surface area contributed by atoms with Crippen molar-refractivity contribution in [1.82, 2.24) is 15.0 Å². The zero-order valence-corrected chi connectivity index (χ0v) is 30.7. The summed E-state index contributed by atoms with van der Waals surface area (Å²) in [6.07, 6.45) is 0. The molecule has 0 aliphatic carbocycles. The highest BCUT2D eigenvalue weighted by Crippen LogP contribution is 2.33. The molecule has 0 saturated carbocycles. The average molecular weight is 686 g/mol. The highest BCUT2D eigenvalue weighted by atomic mass is 28.3. The lowest BCUT2D eigenvalue weighted by Crippen LogP contribution is -2.37. The Labute approximate surface area is 307 Å². The SMILES string of the molecule is C[Si](C)(C)c1ccc(-c2cccc(-c3cccc(-c4cccc(-c5ccc(-c6nc(-c7ccccc7)nc(-c7ccccc7)n6)cc5)c4)c3)c2)cc1. The molecule has 8 rings (SSSR count). The number of nitrogens with zero attached hydrogens (tertiary/aromatic N) is 3. The van der Waals surface area contributed by atoms with Gasteiger partial charge in [0.2, 0.25) is 0 Å². The highest BCUT2D eigenvalue weighted by Gasteiger charge is 2.16. The molecule has 8 aromatic rings. The first kappa shape index (κ1) is 32.9. The number of hydrogen-bond donors (Lipinski definition) is 0. The minimum atomic E-state index is -1.33. The van der Waals surface area contributed by atoms with Gasteiger partial charge in [-0.05, 0) is 62.7 Å². The van der Waals surface area contributed by atoms with Crippen LogP contribution in [0, 0.1) is 0 Å². The smallest absolute Gasteiger partial charge is 0.164 e. The molecule has 52 heavy (non-hydrogen) atoms. The minimum absolute atomic E-state index is 0.650. The monoisotopic (exact) mass is 685 g/mol. The van der Waals surface area contributed by atoms with Gasteiger partial charge in [-0.25, -0.2) is 15.0 Å². The van der Waals surface area contributed by atoms with Gasteiger partial charge in [-0.3, -0.25) is 0 Å². The molecule has 0 radical (unpaired) electrons. The third-order valence-electron chi connectivity index (χ3n) is 9.51. The third kappa shape index (κ3) is 7.16. The van der Waals surface area contributed by atoms with Crippen molar-refractivity contribution in [2.75, 3.05) is 0 Å². The topological polar surface area (TPSA) is 38.7 Å². The van der Waals surface area contributed by atoms with E-state index in [1.54, 1.807) is 0 Å². The second kappa shape index (κ2) is 14.2. The first-order valence-electron chi connectivity index (χ1n) is 17.8. The molecule has 0 bridgehead atoms. The maximum Gasteiger partial charge on any atom is 0.164 e. The van der Waals surface area contributed by atoms with Crippen LogP contribution in [0.2, 0.25) is 19.6 Å². The summed E-state index contributed by atoms with van der Waals surface area (Å²) in [5, 5.41) is 1.48. The Morgan fingerprint density at radius 1 is 0.269 bits per heavy atom. The fourth-order valence-corrected chi connectivity index (χ4v) is 7.71. The molecule has 0 aliphatic rings. The van der Waals surface area contributed by atoms with Crippen molar-refractivity contribution in [3.63, 3.8) is 0 Å². The summed E-state index contributed by atoms with van der Waals surface area (Å²) in [6, 6.07) is 64.3. The zero-order chi connectivity index (χ0) is 35.5. The van der Waals surface area contributed by atoms with Crippen LogP contribution in [0.25, 0.3) is 78.7 Å². The van der Waals surface area contributed by atoms with Crippen molar-refractivity contribution >= 4 is 13.3 Å².